The first-order valence-electron chi connectivity index (χ1n) is 6.34. The van der Waals surface area contributed by atoms with Gasteiger partial charge in [0, 0.05) is 30.5 Å². The summed E-state index contributed by atoms with van der Waals surface area (Å²) >= 11 is 0. The number of rotatable bonds is 3. The maximum Gasteiger partial charge on any atom is 0.337 e. The fourth-order valence-corrected chi connectivity index (χ4v) is 2.22. The van der Waals surface area contributed by atoms with Gasteiger partial charge in [-0.1, -0.05) is 0 Å². The third-order valence-corrected chi connectivity index (χ3v) is 3.31. The summed E-state index contributed by atoms with van der Waals surface area (Å²) in [6, 6.07) is 1.71. The van der Waals surface area contributed by atoms with Gasteiger partial charge < -0.3 is 14.9 Å². The van der Waals surface area contributed by atoms with Crippen LogP contribution in [-0.4, -0.2) is 38.2 Å². The molecule has 2 N–H and O–H groups in total. The highest BCUT2D eigenvalue weighted by molar-refractivity contribution is 5.29. The van der Waals surface area contributed by atoms with Crippen molar-refractivity contribution >= 4 is 6.20 Å². The van der Waals surface area contributed by atoms with Gasteiger partial charge in [0.1, 0.15) is 12.3 Å². The van der Waals surface area contributed by atoms with Gasteiger partial charge in [-0.25, -0.2) is 9.36 Å². The topological polar surface area (TPSA) is 117 Å². The van der Waals surface area contributed by atoms with E-state index in [2.05, 4.69) is 0 Å². The molecule has 0 bridgehead atoms. The summed E-state index contributed by atoms with van der Waals surface area (Å²) in [6.45, 7) is 1.17. The minimum absolute atomic E-state index is 0.130. The molecule has 2 heterocycles. The van der Waals surface area contributed by atoms with Gasteiger partial charge in [-0.05, 0) is 6.92 Å². The molecular weight excluding hydrogens is 278 g/mol. The summed E-state index contributed by atoms with van der Waals surface area (Å²) < 4.78 is 7.39. The number of allylic oxidation sites excluding steroid dienone is 1. The lowest BCUT2D eigenvalue weighted by molar-refractivity contribution is -0.0461. The number of aryl methyl sites for hydroxylation is 1. The number of nitrogens with zero attached hydrogens (tertiary/aromatic N) is 3. The van der Waals surface area contributed by atoms with Crippen molar-refractivity contribution in [3.05, 3.63) is 38.7 Å². The lowest BCUT2D eigenvalue weighted by Crippen LogP contribution is -2.39. The normalized spacial score (nSPS) is 25.3. The Balaban J connectivity index is 2.50. The van der Waals surface area contributed by atoms with Gasteiger partial charge in [0.05, 0.1) is 18.8 Å². The monoisotopic (exact) mass is 293 g/mol. The van der Waals surface area contributed by atoms with Crippen molar-refractivity contribution in [1.29, 1.82) is 5.26 Å². The first-order valence-corrected chi connectivity index (χ1v) is 6.34. The zero-order valence-corrected chi connectivity index (χ0v) is 11.3. The summed E-state index contributed by atoms with van der Waals surface area (Å²) in [5, 5.41) is 27.3. The van der Waals surface area contributed by atoms with Crippen LogP contribution < -0.4 is 11.2 Å². The van der Waals surface area contributed by atoms with E-state index in [-0.39, 0.29) is 13.0 Å². The van der Waals surface area contributed by atoms with Crippen LogP contribution in [-0.2, 0) is 4.74 Å². The quantitative estimate of drug-likeness (QED) is 0.687. The Hall–Kier alpha value is -2.21. The minimum Gasteiger partial charge on any atom is -0.394 e. The largest absolute Gasteiger partial charge is 0.394 e. The van der Waals surface area contributed by atoms with E-state index in [1.54, 1.807) is 6.07 Å². The second-order valence-corrected chi connectivity index (χ2v) is 4.74. The number of ether oxygens (including phenoxy) is 1. The maximum atomic E-state index is 12.3. The molecule has 0 aliphatic carbocycles. The number of aliphatic hydroxyl groups excluding tert-OH is 2. The number of hydrogen-bond donors (Lipinski definition) is 2. The zero-order valence-electron chi connectivity index (χ0n) is 11.3. The van der Waals surface area contributed by atoms with Gasteiger partial charge in [-0.2, -0.15) is 5.26 Å². The molecule has 1 aliphatic rings. The Labute approximate surface area is 119 Å². The summed E-state index contributed by atoms with van der Waals surface area (Å²) in [6.07, 6.45) is 1.16. The lowest BCUT2D eigenvalue weighted by atomic mass is 10.2. The predicted molar refractivity (Wildman–Crippen MR) is 72.3 cm³/mol. The van der Waals surface area contributed by atoms with Crippen molar-refractivity contribution in [2.45, 2.75) is 31.8 Å². The Morgan fingerprint density at radius 3 is 2.86 bits per heavy atom. The Morgan fingerprint density at radius 1 is 1.57 bits per heavy atom. The molecule has 8 nitrogen and oxygen atoms in total. The van der Waals surface area contributed by atoms with Gasteiger partial charge in [-0.15, -0.1) is 0 Å². The van der Waals surface area contributed by atoms with Crippen LogP contribution in [0.25, 0.3) is 6.20 Å². The van der Waals surface area contributed by atoms with Crippen LogP contribution in [0, 0.1) is 18.3 Å². The molecule has 0 aromatic carbocycles. The molecular formula is C13H15N3O5. The number of aromatic nitrogens is 2. The molecule has 1 fully saturated rings. The van der Waals surface area contributed by atoms with Crippen molar-refractivity contribution in [3.63, 3.8) is 0 Å². The smallest absolute Gasteiger partial charge is 0.337 e. The fraction of sp³-hybridized carbons (Fsp3) is 0.462. The van der Waals surface area contributed by atoms with Crippen LogP contribution in [0.4, 0.5) is 0 Å². The van der Waals surface area contributed by atoms with Gasteiger partial charge in [0.2, 0.25) is 0 Å². The molecule has 0 amide bonds. The second kappa shape index (κ2) is 6.05. The Kier molecular flexibility index (Phi) is 4.37. The first-order chi connectivity index (χ1) is 9.99. The van der Waals surface area contributed by atoms with Crippen LogP contribution >= 0.6 is 0 Å². The van der Waals surface area contributed by atoms with Gasteiger partial charge in [0.15, 0.2) is 0 Å². The van der Waals surface area contributed by atoms with Crippen LogP contribution in [0.5, 0.6) is 0 Å². The maximum absolute atomic E-state index is 12.3. The van der Waals surface area contributed by atoms with Crippen molar-refractivity contribution in [2.24, 2.45) is 0 Å². The SMILES string of the molecule is Cc1cn([C@H]2C[C@H](O)[C@@H](CO)O2)c(=O)n(C=CC#N)c1=O. The van der Waals surface area contributed by atoms with E-state index in [1.165, 1.54) is 17.7 Å². The van der Waals surface area contributed by atoms with Crippen LogP contribution in [0.2, 0.25) is 0 Å². The van der Waals surface area contributed by atoms with E-state index in [1.807, 2.05) is 0 Å². The third kappa shape index (κ3) is 2.80. The van der Waals surface area contributed by atoms with Crippen LogP contribution in [0.15, 0.2) is 21.9 Å². The first kappa shape index (κ1) is 15.2. The number of nitriles is 1. The standard InChI is InChI=1S/C13H15N3O5/c1-8-6-16(11-5-9(18)10(7-17)21-11)13(20)15(12(8)19)4-2-3-14/h2,4,6,9-11,17-18H,5,7H2,1H3/t9-,10+,11+/m0/s1. The lowest BCUT2D eigenvalue weighted by Gasteiger charge is -2.16. The molecule has 0 radical (unpaired) electrons. The van der Waals surface area contributed by atoms with E-state index >= 15 is 0 Å². The molecule has 21 heavy (non-hydrogen) atoms. The van der Waals surface area contributed by atoms with Gasteiger partial charge in [0.25, 0.3) is 5.56 Å². The summed E-state index contributed by atoms with van der Waals surface area (Å²) in [5.41, 5.74) is -0.907. The molecule has 0 unspecified atom stereocenters. The van der Waals surface area contributed by atoms with E-state index in [4.69, 9.17) is 15.1 Å². The predicted octanol–water partition coefficient (Wildman–Crippen LogP) is -1.05. The molecule has 0 saturated carbocycles. The summed E-state index contributed by atoms with van der Waals surface area (Å²) in [7, 11) is 0. The summed E-state index contributed by atoms with van der Waals surface area (Å²) in [5.74, 6) is 0. The Morgan fingerprint density at radius 2 is 2.29 bits per heavy atom. The molecule has 2 rings (SSSR count). The van der Waals surface area contributed by atoms with Crippen molar-refractivity contribution in [3.8, 4) is 6.07 Å². The fourth-order valence-electron chi connectivity index (χ4n) is 2.22. The molecule has 1 aromatic rings. The molecule has 112 valence electrons. The molecule has 1 aromatic heterocycles. The van der Waals surface area contributed by atoms with E-state index < -0.39 is 29.7 Å². The van der Waals surface area contributed by atoms with Gasteiger partial charge >= 0.3 is 5.69 Å². The average molecular weight is 293 g/mol. The van der Waals surface area contributed by atoms with Crippen molar-refractivity contribution in [1.82, 2.24) is 9.13 Å². The van der Waals surface area contributed by atoms with E-state index in [0.717, 1.165) is 16.8 Å². The van der Waals surface area contributed by atoms with Crippen molar-refractivity contribution < 1.29 is 14.9 Å². The Bertz CT molecular complexity index is 712. The highest BCUT2D eigenvalue weighted by Gasteiger charge is 2.35. The van der Waals surface area contributed by atoms with Crippen LogP contribution in [0.3, 0.4) is 0 Å². The average Bonchev–Trinajstić information content (AvgIpc) is 2.84. The number of aliphatic hydroxyl groups is 2. The highest BCUT2D eigenvalue weighted by atomic mass is 16.5. The minimum atomic E-state index is -0.887. The molecule has 8 heteroatoms. The zero-order chi connectivity index (χ0) is 15.6. The summed E-state index contributed by atoms with van der Waals surface area (Å²) in [4.78, 5) is 24.2. The highest BCUT2D eigenvalue weighted by Crippen LogP contribution is 2.27. The van der Waals surface area contributed by atoms with Crippen molar-refractivity contribution in [2.75, 3.05) is 6.61 Å². The molecule has 1 aliphatic heterocycles. The van der Waals surface area contributed by atoms with E-state index in [0.29, 0.717) is 5.56 Å². The van der Waals surface area contributed by atoms with Gasteiger partial charge in [-0.3, -0.25) is 9.36 Å². The molecule has 1 saturated heterocycles. The number of hydrogen-bond acceptors (Lipinski definition) is 6. The third-order valence-electron chi connectivity index (χ3n) is 3.31. The second-order valence-electron chi connectivity index (χ2n) is 4.74. The van der Waals surface area contributed by atoms with E-state index in [9.17, 15) is 14.7 Å². The molecule has 3 atom stereocenters. The molecule has 0 spiro atoms. The van der Waals surface area contributed by atoms with Crippen LogP contribution in [0.1, 0.15) is 18.2 Å².